The van der Waals surface area contributed by atoms with Gasteiger partial charge in [0, 0.05) is 31.4 Å². The van der Waals surface area contributed by atoms with Crippen LogP contribution in [-0.4, -0.2) is 24.2 Å². The summed E-state index contributed by atoms with van der Waals surface area (Å²) >= 11 is 0. The largest absolute Gasteiger partial charge is 0.508 e. The van der Waals surface area contributed by atoms with Gasteiger partial charge in [0.25, 0.3) is 0 Å². The topological polar surface area (TPSA) is 35.5 Å². The van der Waals surface area contributed by atoms with E-state index in [4.69, 9.17) is 0 Å². The van der Waals surface area contributed by atoms with E-state index in [1.54, 1.807) is 6.07 Å². The van der Waals surface area contributed by atoms with Crippen LogP contribution in [0.25, 0.3) is 0 Å². The van der Waals surface area contributed by atoms with Crippen LogP contribution in [0, 0.1) is 0 Å². The van der Waals surface area contributed by atoms with Crippen molar-refractivity contribution >= 4 is 5.69 Å². The Labute approximate surface area is 90.7 Å². The van der Waals surface area contributed by atoms with Crippen LogP contribution in [0.2, 0.25) is 0 Å². The molecule has 3 heteroatoms. The third-order valence-electron chi connectivity index (χ3n) is 2.84. The molecule has 0 bridgehead atoms. The number of aromatic hydroxyl groups is 1. The molecule has 1 aromatic rings. The summed E-state index contributed by atoms with van der Waals surface area (Å²) in [6.45, 7) is 7.25. The van der Waals surface area contributed by atoms with Crippen LogP contribution < -0.4 is 10.2 Å². The molecule has 15 heavy (non-hydrogen) atoms. The number of hydrogen-bond donors (Lipinski definition) is 2. The Morgan fingerprint density at radius 1 is 1.40 bits per heavy atom. The molecule has 3 nitrogen and oxygen atoms in total. The summed E-state index contributed by atoms with van der Waals surface area (Å²) in [6.07, 6.45) is 0. The van der Waals surface area contributed by atoms with Crippen LogP contribution in [0.1, 0.15) is 19.4 Å². The standard InChI is InChI=1S/C12H18N2O/c1-9(2)14-6-5-13-8-10-7-11(15)3-4-12(10)14/h3-4,7,9,13,15H,5-6,8H2,1-2H3. The molecule has 0 aliphatic carbocycles. The maximum Gasteiger partial charge on any atom is 0.116 e. The maximum absolute atomic E-state index is 9.46. The van der Waals surface area contributed by atoms with Gasteiger partial charge in [0.2, 0.25) is 0 Å². The molecule has 2 N–H and O–H groups in total. The van der Waals surface area contributed by atoms with Gasteiger partial charge in [-0.2, -0.15) is 0 Å². The molecule has 0 spiro atoms. The van der Waals surface area contributed by atoms with Gasteiger partial charge in [0.05, 0.1) is 0 Å². The number of nitrogens with zero attached hydrogens (tertiary/aromatic N) is 1. The van der Waals surface area contributed by atoms with Gasteiger partial charge >= 0.3 is 0 Å². The lowest BCUT2D eigenvalue weighted by Gasteiger charge is -2.28. The predicted octanol–water partition coefficient (Wildman–Crippen LogP) is 1.71. The Bertz CT molecular complexity index is 349. The van der Waals surface area contributed by atoms with Gasteiger partial charge in [0.1, 0.15) is 5.75 Å². The normalized spacial score (nSPS) is 16.3. The van der Waals surface area contributed by atoms with E-state index in [9.17, 15) is 5.11 Å². The number of phenolic OH excluding ortho intramolecular Hbond substituents is 1. The van der Waals surface area contributed by atoms with Gasteiger partial charge < -0.3 is 15.3 Å². The minimum absolute atomic E-state index is 0.348. The maximum atomic E-state index is 9.46. The van der Waals surface area contributed by atoms with Crippen molar-refractivity contribution in [1.82, 2.24) is 5.32 Å². The smallest absolute Gasteiger partial charge is 0.116 e. The molecule has 0 saturated carbocycles. The van der Waals surface area contributed by atoms with Crippen LogP contribution in [0.4, 0.5) is 5.69 Å². The number of anilines is 1. The van der Waals surface area contributed by atoms with Gasteiger partial charge in [-0.05, 0) is 37.6 Å². The first-order chi connectivity index (χ1) is 7.18. The van der Waals surface area contributed by atoms with Crippen molar-refractivity contribution < 1.29 is 5.11 Å². The van der Waals surface area contributed by atoms with E-state index in [-0.39, 0.29) is 0 Å². The lowest BCUT2D eigenvalue weighted by molar-refractivity contribution is 0.474. The molecular weight excluding hydrogens is 188 g/mol. The fraction of sp³-hybridized carbons (Fsp3) is 0.500. The van der Waals surface area contributed by atoms with Crippen molar-refractivity contribution in [1.29, 1.82) is 0 Å². The van der Waals surface area contributed by atoms with E-state index >= 15 is 0 Å². The van der Waals surface area contributed by atoms with Crippen LogP contribution in [0.15, 0.2) is 18.2 Å². The highest BCUT2D eigenvalue weighted by atomic mass is 16.3. The summed E-state index contributed by atoms with van der Waals surface area (Å²) in [4.78, 5) is 2.37. The second-order valence-corrected chi connectivity index (χ2v) is 4.28. The number of nitrogens with one attached hydrogen (secondary N) is 1. The van der Waals surface area contributed by atoms with Crippen molar-refractivity contribution in [3.8, 4) is 5.75 Å². The number of phenols is 1. The number of rotatable bonds is 1. The van der Waals surface area contributed by atoms with Crippen LogP contribution >= 0.6 is 0 Å². The summed E-state index contributed by atoms with van der Waals surface area (Å²) in [5.41, 5.74) is 2.43. The van der Waals surface area contributed by atoms with Gasteiger partial charge in [-0.3, -0.25) is 0 Å². The molecule has 1 aliphatic rings. The lowest BCUT2D eigenvalue weighted by Crippen LogP contribution is -2.34. The fourth-order valence-corrected chi connectivity index (χ4v) is 2.07. The zero-order valence-corrected chi connectivity index (χ0v) is 9.33. The summed E-state index contributed by atoms with van der Waals surface area (Å²) < 4.78 is 0. The zero-order valence-electron chi connectivity index (χ0n) is 9.33. The minimum atomic E-state index is 0.348. The highest BCUT2D eigenvalue weighted by Gasteiger charge is 2.17. The molecule has 0 amide bonds. The average Bonchev–Trinajstić information content (AvgIpc) is 2.38. The van der Waals surface area contributed by atoms with E-state index in [1.165, 1.54) is 11.3 Å². The van der Waals surface area contributed by atoms with Gasteiger partial charge in [-0.15, -0.1) is 0 Å². The SMILES string of the molecule is CC(C)N1CCNCc2cc(O)ccc21. The first-order valence-corrected chi connectivity index (χ1v) is 5.48. The molecule has 1 aromatic carbocycles. The zero-order chi connectivity index (χ0) is 10.8. The molecule has 2 rings (SSSR count). The summed E-state index contributed by atoms with van der Waals surface area (Å²) in [5, 5.41) is 12.8. The third-order valence-corrected chi connectivity index (χ3v) is 2.84. The van der Waals surface area contributed by atoms with Crippen molar-refractivity contribution in [2.24, 2.45) is 0 Å². The van der Waals surface area contributed by atoms with E-state index < -0.39 is 0 Å². The van der Waals surface area contributed by atoms with E-state index in [0.29, 0.717) is 11.8 Å². The molecular formula is C12H18N2O. The van der Waals surface area contributed by atoms with Crippen LogP contribution in [0.3, 0.4) is 0 Å². The fourth-order valence-electron chi connectivity index (χ4n) is 2.07. The Balaban J connectivity index is 2.40. The van der Waals surface area contributed by atoms with Gasteiger partial charge in [-0.25, -0.2) is 0 Å². The second kappa shape index (κ2) is 4.11. The molecule has 0 atom stereocenters. The Kier molecular flexibility index (Phi) is 2.82. The predicted molar refractivity (Wildman–Crippen MR) is 62.3 cm³/mol. The quantitative estimate of drug-likeness (QED) is 0.734. The lowest BCUT2D eigenvalue weighted by atomic mass is 10.1. The summed E-state index contributed by atoms with van der Waals surface area (Å²) in [6, 6.07) is 6.12. The van der Waals surface area contributed by atoms with Crippen molar-refractivity contribution in [3.63, 3.8) is 0 Å². The first-order valence-electron chi connectivity index (χ1n) is 5.48. The highest BCUT2D eigenvalue weighted by Crippen LogP contribution is 2.27. The van der Waals surface area contributed by atoms with Crippen LogP contribution in [-0.2, 0) is 6.54 Å². The second-order valence-electron chi connectivity index (χ2n) is 4.28. The molecule has 82 valence electrons. The van der Waals surface area contributed by atoms with Crippen molar-refractivity contribution in [3.05, 3.63) is 23.8 Å². The van der Waals surface area contributed by atoms with Crippen molar-refractivity contribution in [2.75, 3.05) is 18.0 Å². The minimum Gasteiger partial charge on any atom is -0.508 e. The first kappa shape index (κ1) is 10.3. The molecule has 0 aromatic heterocycles. The molecule has 1 heterocycles. The van der Waals surface area contributed by atoms with E-state index in [1.807, 2.05) is 12.1 Å². The van der Waals surface area contributed by atoms with Gasteiger partial charge in [-0.1, -0.05) is 0 Å². The Morgan fingerprint density at radius 2 is 2.20 bits per heavy atom. The molecule has 0 saturated heterocycles. The monoisotopic (exact) mass is 206 g/mol. The Morgan fingerprint density at radius 3 is 2.93 bits per heavy atom. The molecule has 0 unspecified atom stereocenters. The molecule has 1 aliphatic heterocycles. The number of benzene rings is 1. The van der Waals surface area contributed by atoms with Crippen molar-refractivity contribution in [2.45, 2.75) is 26.4 Å². The van der Waals surface area contributed by atoms with Gasteiger partial charge in [0.15, 0.2) is 0 Å². The van der Waals surface area contributed by atoms with Crippen LogP contribution in [0.5, 0.6) is 5.75 Å². The average molecular weight is 206 g/mol. The molecule has 0 fully saturated rings. The van der Waals surface area contributed by atoms with E-state index in [2.05, 4.69) is 24.1 Å². The number of fused-ring (bicyclic) bond motifs is 1. The summed E-state index contributed by atoms with van der Waals surface area (Å²) in [5.74, 6) is 0.348. The summed E-state index contributed by atoms with van der Waals surface area (Å²) in [7, 11) is 0. The van der Waals surface area contributed by atoms with E-state index in [0.717, 1.165) is 19.6 Å². The third kappa shape index (κ3) is 2.07. The Hall–Kier alpha value is -1.22. The number of hydrogen-bond acceptors (Lipinski definition) is 3. The highest BCUT2D eigenvalue weighted by molar-refractivity contribution is 5.57. The molecule has 0 radical (unpaired) electrons.